The standard InChI is InChI=1S/C18H25N3O2.C16H21NO.C14H19N.C14H21N.2C13H14F3N.C12H17N/c1-18(2,3)14-7-6-13-8-9-21(15(13)10-14)17(23)12-20(5)16(22)11-19-4;1-11(18)17-10-16(7-8-16)13-6-5-12(9-14(13)17)15(2,3)4;1-13(2,3)10-4-5-11-12(8-10)15-9-14(11)6-7-14;1-13(2,3)10-6-7-11-12(8-10)15-9-14(11,4)5;1-12(2,3)8-4-5-9-10(13(14,15)16)7-17-11(9)6-8;1-12(2,3)9-5-4-8-6-11(13(14,15)16)17-10(8)7-9;1-12(2,3)10-5-4-9-6-7-13-11(9)8-10/h6-10,19H,11-12H2,1-5H3;5-6,9H,7-8,10H2,1-4H3;4-5,8,15H,6-7,9H2,1-3H3;6-8,15H,9H2,1-5H3;2*4-7,17H,1-3H3;4-5,8,13H,6-7H2,1-3H3. The number of carbonyl (C=O) groups is 3. The van der Waals surface area contributed by atoms with Crippen LogP contribution in [0.2, 0.25) is 0 Å². The zero-order valence-corrected chi connectivity index (χ0v) is 75.0. The van der Waals surface area contributed by atoms with Gasteiger partial charge < -0.3 is 41.0 Å². The van der Waals surface area contributed by atoms with Crippen LogP contribution in [0, 0.1) is 0 Å². The number of aromatic amines is 2. The van der Waals surface area contributed by atoms with E-state index in [9.17, 15) is 40.7 Å². The molecule has 12 nitrogen and oxygen atoms in total. The van der Waals surface area contributed by atoms with Crippen molar-refractivity contribution >= 4 is 73.2 Å². The molecule has 2 spiro atoms. The first kappa shape index (κ1) is 91.0. The van der Waals surface area contributed by atoms with Gasteiger partial charge in [-0.2, -0.15) is 26.3 Å². The van der Waals surface area contributed by atoms with Crippen LogP contribution in [0.3, 0.4) is 0 Å². The molecule has 10 aromatic rings. The van der Waals surface area contributed by atoms with E-state index in [4.69, 9.17) is 0 Å². The predicted octanol–water partition coefficient (Wildman–Crippen LogP) is 24.7. The molecule has 16 rings (SSSR count). The third-order valence-electron chi connectivity index (χ3n) is 24.0. The minimum atomic E-state index is -4.32. The van der Waals surface area contributed by atoms with Gasteiger partial charge in [-0.25, -0.2) is 0 Å². The van der Waals surface area contributed by atoms with Crippen LogP contribution >= 0.6 is 0 Å². The quantitative estimate of drug-likeness (QED) is 0.0964. The number of likely N-dealkylation sites (N-methyl/N-ethyl adjacent to an activating group) is 2. The smallest absolute Gasteiger partial charge is 0.384 e. The lowest BCUT2D eigenvalue weighted by molar-refractivity contribution is -0.140. The molecule has 2 amide bonds. The summed E-state index contributed by atoms with van der Waals surface area (Å²) in [6, 6.07) is 47.1. The number of hydrogen-bond donors (Lipinski definition) is 6. The molecule has 0 radical (unpaired) electrons. The number of amides is 2. The van der Waals surface area contributed by atoms with Crippen LogP contribution in [-0.4, -0.2) is 90.5 Å². The highest BCUT2D eigenvalue weighted by atomic mass is 19.4. The lowest BCUT2D eigenvalue weighted by Crippen LogP contribution is -2.38. The van der Waals surface area contributed by atoms with E-state index in [2.05, 4.69) is 234 Å². The average molecular weight is 1620 g/mol. The fourth-order valence-electron chi connectivity index (χ4n) is 15.5. The molecule has 6 aliphatic rings. The van der Waals surface area contributed by atoms with Gasteiger partial charge in [0, 0.05) is 119 Å². The third-order valence-corrected chi connectivity index (χ3v) is 24.0. The van der Waals surface area contributed by atoms with E-state index in [1.165, 1.54) is 105 Å². The van der Waals surface area contributed by atoms with Gasteiger partial charge in [-0.15, -0.1) is 0 Å². The van der Waals surface area contributed by atoms with Crippen molar-refractivity contribution in [3.8, 4) is 0 Å². The van der Waals surface area contributed by atoms with E-state index in [0.717, 1.165) is 66.2 Å². The molecule has 0 saturated heterocycles. The number of anilines is 4. The minimum absolute atomic E-state index is 0.0197. The van der Waals surface area contributed by atoms with Crippen molar-refractivity contribution in [3.63, 3.8) is 0 Å². The summed E-state index contributed by atoms with van der Waals surface area (Å²) in [5.74, 6) is -0.0446. The Morgan fingerprint density at radius 2 is 0.941 bits per heavy atom. The van der Waals surface area contributed by atoms with Gasteiger partial charge in [-0.1, -0.05) is 244 Å². The van der Waals surface area contributed by atoms with Crippen LogP contribution in [0.25, 0.3) is 32.7 Å². The topological polar surface area (TPSA) is 142 Å². The molecule has 2 aliphatic carbocycles. The van der Waals surface area contributed by atoms with Gasteiger partial charge in [0.2, 0.25) is 11.8 Å². The number of halogens is 6. The summed E-state index contributed by atoms with van der Waals surface area (Å²) < 4.78 is 77.2. The second kappa shape index (κ2) is 33.4. The lowest BCUT2D eigenvalue weighted by atomic mass is 9.82. The zero-order chi connectivity index (χ0) is 87.4. The molecule has 3 aromatic heterocycles. The normalized spacial score (nSPS) is 15.9. The molecule has 2 fully saturated rings. The number of nitrogens with zero attached hydrogens (tertiary/aromatic N) is 3. The molecule has 118 heavy (non-hydrogen) atoms. The fourth-order valence-corrected chi connectivity index (χ4v) is 15.5. The van der Waals surface area contributed by atoms with E-state index < -0.39 is 23.6 Å². The molecule has 4 aliphatic heterocycles. The monoisotopic (exact) mass is 1620 g/mol. The van der Waals surface area contributed by atoms with E-state index >= 15 is 0 Å². The highest BCUT2D eigenvalue weighted by molar-refractivity contribution is 5.96. The minimum Gasteiger partial charge on any atom is -0.384 e. The first-order valence-corrected chi connectivity index (χ1v) is 41.8. The molecule has 7 heterocycles. The number of rotatable bonds is 4. The Kier molecular flexibility index (Phi) is 25.7. The van der Waals surface area contributed by atoms with Crippen LogP contribution in [0.5, 0.6) is 0 Å². The molecule has 0 bridgehead atoms. The van der Waals surface area contributed by atoms with E-state index in [1.54, 1.807) is 61.6 Å². The molecule has 2 saturated carbocycles. The molecule has 18 heteroatoms. The van der Waals surface area contributed by atoms with Gasteiger partial charge in [-0.05, 0) is 193 Å². The second-order valence-corrected chi connectivity index (χ2v) is 41.4. The molecule has 7 aromatic carbocycles. The number of aromatic nitrogens is 3. The first-order valence-electron chi connectivity index (χ1n) is 41.8. The Balaban J connectivity index is 0.000000146. The van der Waals surface area contributed by atoms with Crippen molar-refractivity contribution in [2.75, 3.05) is 74.2 Å². The molecule has 6 N–H and O–H groups in total. The predicted molar refractivity (Wildman–Crippen MR) is 479 cm³/mol. The number of carbonyl (C=O) groups excluding carboxylic acids is 3. The van der Waals surface area contributed by atoms with Gasteiger partial charge in [0.1, 0.15) is 12.2 Å². The Hall–Kier alpha value is -9.29. The van der Waals surface area contributed by atoms with Crippen LogP contribution in [0.4, 0.5) is 49.1 Å². The molecule has 636 valence electrons. The second-order valence-electron chi connectivity index (χ2n) is 41.4. The van der Waals surface area contributed by atoms with Gasteiger partial charge in [-0.3, -0.25) is 19.0 Å². The zero-order valence-electron chi connectivity index (χ0n) is 75.0. The molecular weight excluding hydrogens is 1490 g/mol. The Morgan fingerprint density at radius 1 is 0.483 bits per heavy atom. The largest absolute Gasteiger partial charge is 0.431 e. The van der Waals surface area contributed by atoms with Gasteiger partial charge in [0.15, 0.2) is 0 Å². The summed E-state index contributed by atoms with van der Waals surface area (Å²) in [5.41, 5.74) is 22.4. The molecule has 0 unspecified atom stereocenters. The summed E-state index contributed by atoms with van der Waals surface area (Å²) >= 11 is 0. The third kappa shape index (κ3) is 21.5. The van der Waals surface area contributed by atoms with Crippen LogP contribution in [-0.2, 0) is 82.5 Å². The number of alkyl halides is 6. The van der Waals surface area contributed by atoms with Crippen molar-refractivity contribution < 1.29 is 40.7 Å². The van der Waals surface area contributed by atoms with Gasteiger partial charge in [0.05, 0.1) is 17.6 Å². The van der Waals surface area contributed by atoms with Crippen molar-refractivity contribution in [2.24, 2.45) is 0 Å². The van der Waals surface area contributed by atoms with E-state index in [0.29, 0.717) is 27.2 Å². The van der Waals surface area contributed by atoms with Crippen LogP contribution in [0.15, 0.2) is 152 Å². The van der Waals surface area contributed by atoms with Crippen LogP contribution < -0.4 is 26.2 Å². The SMILES string of the molecule is CC(=O)N1CC2(CC2)c2ccc(C(C)(C)C)cc21.CC(C)(C)c1ccc2c(C(F)(F)F)c[nH]c2c1.CC(C)(C)c1ccc2c(c1)NCC2.CC(C)(C)c1ccc2c(c1)NCC2(C)C.CC(C)(C)c1ccc2c(c1)NCC21CC1.CC(C)(C)c1ccc2cc(C(F)(F)F)[nH]c2c1.CNCC(=O)N(C)CC(=O)n1ccc2ccc(C(C)(C)C)cc21. The van der Waals surface area contributed by atoms with Crippen LogP contribution in [0.1, 0.15) is 269 Å². The summed E-state index contributed by atoms with van der Waals surface area (Å²) in [4.78, 5) is 44.7. The molecular formula is C100H131F6N9O3. The fraction of sp³-hybridized carbons (Fsp3) is 0.490. The van der Waals surface area contributed by atoms with Crippen molar-refractivity contribution in [1.82, 2.24) is 24.8 Å². The summed E-state index contributed by atoms with van der Waals surface area (Å²) in [5, 5.41) is 15.1. The van der Waals surface area contributed by atoms with Gasteiger partial charge >= 0.3 is 12.4 Å². The number of fused-ring (bicyclic) bond motifs is 9. The summed E-state index contributed by atoms with van der Waals surface area (Å²) in [6.07, 6.45) is 0.579. The summed E-state index contributed by atoms with van der Waals surface area (Å²) in [7, 11) is 3.35. The average Bonchev–Trinajstić information content (AvgIpc) is 1.56. The van der Waals surface area contributed by atoms with Crippen molar-refractivity contribution in [3.05, 3.63) is 224 Å². The summed E-state index contributed by atoms with van der Waals surface area (Å²) in [6.45, 7) is 56.4. The number of nitrogens with one attached hydrogen (secondary N) is 6. The first-order chi connectivity index (χ1) is 54.3. The maximum absolute atomic E-state index is 12.7. The maximum Gasteiger partial charge on any atom is 0.431 e. The number of hydrogen-bond acceptors (Lipinski definition) is 7. The lowest BCUT2D eigenvalue weighted by Gasteiger charge is -2.22. The molecule has 0 atom stereocenters. The van der Waals surface area contributed by atoms with E-state index in [-0.39, 0.29) is 79.5 Å². The Labute approximate surface area is 698 Å². The van der Waals surface area contributed by atoms with E-state index in [1.807, 2.05) is 64.6 Å². The van der Waals surface area contributed by atoms with Gasteiger partial charge in [0.25, 0.3) is 5.91 Å². The number of benzene rings is 7. The van der Waals surface area contributed by atoms with Crippen molar-refractivity contribution in [1.29, 1.82) is 0 Å². The highest BCUT2D eigenvalue weighted by Crippen LogP contribution is 2.58. The maximum atomic E-state index is 12.7. The number of H-pyrrole nitrogens is 2. The highest BCUT2D eigenvalue weighted by Gasteiger charge is 2.53. The van der Waals surface area contributed by atoms with Crippen molar-refractivity contribution in [2.45, 2.75) is 265 Å². The Morgan fingerprint density at radius 3 is 1.46 bits per heavy atom. The Bertz CT molecular complexity index is 5170.